The van der Waals surface area contributed by atoms with Crippen LogP contribution in [0.25, 0.3) is 0 Å². The summed E-state index contributed by atoms with van der Waals surface area (Å²) in [6, 6.07) is 7.69. The van der Waals surface area contributed by atoms with Crippen LogP contribution in [-0.2, 0) is 4.79 Å². The molecule has 0 saturated heterocycles. The summed E-state index contributed by atoms with van der Waals surface area (Å²) < 4.78 is 5.84. The molecule has 0 aliphatic heterocycles. The molecule has 1 aromatic carbocycles. The fourth-order valence-corrected chi connectivity index (χ4v) is 2.48. The molecule has 0 heterocycles. The van der Waals surface area contributed by atoms with Crippen LogP contribution < -0.4 is 10.1 Å². The molecule has 124 valence electrons. The Hall–Kier alpha value is -1.55. The summed E-state index contributed by atoms with van der Waals surface area (Å²) in [5, 5.41) is 12.4. The van der Waals surface area contributed by atoms with Crippen molar-refractivity contribution in [1.29, 1.82) is 0 Å². The van der Waals surface area contributed by atoms with Gasteiger partial charge >= 0.3 is 0 Å². The molecule has 0 bridgehead atoms. The summed E-state index contributed by atoms with van der Waals surface area (Å²) >= 11 is 0. The third-order valence-electron chi connectivity index (χ3n) is 3.62. The summed E-state index contributed by atoms with van der Waals surface area (Å²) in [6.07, 6.45) is 0.375. The molecule has 0 fully saturated rings. The number of hydrogen-bond acceptors (Lipinski definition) is 3. The maximum Gasteiger partial charge on any atom is 0.261 e. The molecule has 1 aromatic rings. The number of amides is 1. The van der Waals surface area contributed by atoms with Gasteiger partial charge in [0, 0.05) is 6.54 Å². The molecule has 0 aromatic heterocycles. The smallest absolute Gasteiger partial charge is 0.261 e. The molecule has 4 heteroatoms. The van der Waals surface area contributed by atoms with Crippen LogP contribution in [0.2, 0.25) is 0 Å². The lowest BCUT2D eigenvalue weighted by Gasteiger charge is -2.27. The van der Waals surface area contributed by atoms with Gasteiger partial charge in [0.15, 0.2) is 6.10 Å². The van der Waals surface area contributed by atoms with E-state index in [1.54, 1.807) is 6.92 Å². The largest absolute Gasteiger partial charge is 0.480 e. The summed E-state index contributed by atoms with van der Waals surface area (Å²) in [5.41, 5.74) is 0.869. The van der Waals surface area contributed by atoms with Crippen molar-refractivity contribution in [1.82, 2.24) is 5.32 Å². The first-order valence-electron chi connectivity index (χ1n) is 7.93. The number of rotatable bonds is 8. The second-order valence-corrected chi connectivity index (χ2v) is 6.72. The van der Waals surface area contributed by atoms with Crippen LogP contribution in [0.5, 0.6) is 5.75 Å². The van der Waals surface area contributed by atoms with Crippen LogP contribution in [0.1, 0.15) is 46.1 Å². The average Bonchev–Trinajstić information content (AvgIpc) is 2.42. The van der Waals surface area contributed by atoms with Gasteiger partial charge in [0.25, 0.3) is 5.91 Å². The lowest BCUT2D eigenvalue weighted by atomic mass is 9.87. The van der Waals surface area contributed by atoms with Crippen molar-refractivity contribution in [2.75, 3.05) is 6.54 Å². The standard InChI is InChI=1S/C18H29NO3/c1-6-15(22-16-10-8-7-9-13(16)2)17(21)19-12-18(4,5)11-14(3)20/h7-10,14-15,20H,6,11-12H2,1-5H3,(H,19,21). The lowest BCUT2D eigenvalue weighted by Crippen LogP contribution is -2.43. The zero-order valence-electron chi connectivity index (χ0n) is 14.3. The molecule has 0 radical (unpaired) electrons. The van der Waals surface area contributed by atoms with Gasteiger partial charge in [-0.15, -0.1) is 0 Å². The Bertz CT molecular complexity index is 483. The number of carbonyl (C=O) groups excluding carboxylic acids is 1. The lowest BCUT2D eigenvalue weighted by molar-refractivity contribution is -0.128. The minimum Gasteiger partial charge on any atom is -0.480 e. The van der Waals surface area contributed by atoms with Gasteiger partial charge in [-0.1, -0.05) is 39.0 Å². The van der Waals surface area contributed by atoms with Gasteiger partial charge < -0.3 is 15.2 Å². The highest BCUT2D eigenvalue weighted by Gasteiger charge is 2.24. The van der Waals surface area contributed by atoms with Crippen molar-refractivity contribution in [2.45, 2.75) is 59.7 Å². The van der Waals surface area contributed by atoms with Gasteiger partial charge in [-0.2, -0.15) is 0 Å². The van der Waals surface area contributed by atoms with E-state index in [1.807, 2.05) is 52.0 Å². The number of benzene rings is 1. The van der Waals surface area contributed by atoms with E-state index >= 15 is 0 Å². The minimum absolute atomic E-state index is 0.107. The highest BCUT2D eigenvalue weighted by molar-refractivity contribution is 5.81. The Morgan fingerprint density at radius 1 is 1.36 bits per heavy atom. The Morgan fingerprint density at radius 3 is 2.55 bits per heavy atom. The molecule has 0 spiro atoms. The number of aryl methyl sites for hydroxylation is 1. The van der Waals surface area contributed by atoms with Gasteiger partial charge in [0.05, 0.1) is 6.10 Å². The number of hydrogen-bond donors (Lipinski definition) is 2. The molecule has 2 atom stereocenters. The molecule has 2 unspecified atom stereocenters. The first kappa shape index (κ1) is 18.5. The number of para-hydroxylation sites is 1. The van der Waals surface area contributed by atoms with Crippen molar-refractivity contribution >= 4 is 5.91 Å². The molecule has 2 N–H and O–H groups in total. The third kappa shape index (κ3) is 6.06. The van der Waals surface area contributed by atoms with E-state index < -0.39 is 6.10 Å². The van der Waals surface area contributed by atoms with Crippen molar-refractivity contribution in [3.05, 3.63) is 29.8 Å². The fraction of sp³-hybridized carbons (Fsp3) is 0.611. The number of ether oxygens (including phenoxy) is 1. The van der Waals surface area contributed by atoms with Crippen LogP contribution in [0, 0.1) is 12.3 Å². The van der Waals surface area contributed by atoms with E-state index in [1.165, 1.54) is 0 Å². The SMILES string of the molecule is CCC(Oc1ccccc1C)C(=O)NCC(C)(C)CC(C)O. The number of aliphatic hydroxyl groups is 1. The molecule has 0 saturated carbocycles. The third-order valence-corrected chi connectivity index (χ3v) is 3.62. The predicted octanol–water partition coefficient (Wildman–Crippen LogP) is 3.07. The molecule has 0 aliphatic rings. The van der Waals surface area contributed by atoms with Crippen LogP contribution in [0.15, 0.2) is 24.3 Å². The van der Waals surface area contributed by atoms with Crippen LogP contribution in [0.4, 0.5) is 0 Å². The van der Waals surface area contributed by atoms with Crippen LogP contribution >= 0.6 is 0 Å². The first-order valence-corrected chi connectivity index (χ1v) is 7.93. The Balaban J connectivity index is 2.60. The van der Waals surface area contributed by atoms with Crippen molar-refractivity contribution in [2.24, 2.45) is 5.41 Å². The van der Waals surface area contributed by atoms with Crippen molar-refractivity contribution < 1.29 is 14.6 Å². The highest BCUT2D eigenvalue weighted by atomic mass is 16.5. The predicted molar refractivity (Wildman–Crippen MR) is 89.0 cm³/mol. The summed E-state index contributed by atoms with van der Waals surface area (Å²) in [6.45, 7) is 10.2. The fourth-order valence-electron chi connectivity index (χ4n) is 2.48. The Kier molecular flexibility index (Phi) is 6.88. The van der Waals surface area contributed by atoms with Crippen LogP contribution in [-0.4, -0.2) is 29.8 Å². The molecular weight excluding hydrogens is 278 g/mol. The second-order valence-electron chi connectivity index (χ2n) is 6.72. The molecule has 0 aliphatic carbocycles. The Morgan fingerprint density at radius 2 is 2.00 bits per heavy atom. The summed E-state index contributed by atoms with van der Waals surface area (Å²) in [4.78, 5) is 12.3. The van der Waals surface area contributed by atoms with Crippen LogP contribution in [0.3, 0.4) is 0 Å². The van der Waals surface area contributed by atoms with Gasteiger partial charge in [-0.05, 0) is 43.7 Å². The molecular formula is C18H29NO3. The van der Waals surface area contributed by atoms with Crippen molar-refractivity contribution in [3.8, 4) is 5.75 Å². The number of nitrogens with one attached hydrogen (secondary N) is 1. The first-order chi connectivity index (χ1) is 10.2. The van der Waals surface area contributed by atoms with Gasteiger partial charge in [0.2, 0.25) is 0 Å². The van der Waals surface area contributed by atoms with Gasteiger partial charge in [-0.3, -0.25) is 4.79 Å². The van der Waals surface area contributed by atoms with Gasteiger partial charge in [0.1, 0.15) is 5.75 Å². The maximum atomic E-state index is 12.3. The topological polar surface area (TPSA) is 58.6 Å². The number of carbonyl (C=O) groups is 1. The van der Waals surface area contributed by atoms with E-state index in [2.05, 4.69) is 5.32 Å². The normalized spacial score (nSPS) is 14.3. The van der Waals surface area contributed by atoms with E-state index in [-0.39, 0.29) is 17.4 Å². The summed E-state index contributed by atoms with van der Waals surface area (Å²) in [7, 11) is 0. The van der Waals surface area contributed by atoms with Gasteiger partial charge in [-0.25, -0.2) is 0 Å². The molecule has 1 amide bonds. The monoisotopic (exact) mass is 307 g/mol. The van der Waals surface area contributed by atoms with E-state index in [4.69, 9.17) is 4.74 Å². The van der Waals surface area contributed by atoms with E-state index in [9.17, 15) is 9.90 Å². The van der Waals surface area contributed by atoms with E-state index in [0.29, 0.717) is 19.4 Å². The van der Waals surface area contributed by atoms with E-state index in [0.717, 1.165) is 11.3 Å². The maximum absolute atomic E-state index is 12.3. The second kappa shape index (κ2) is 8.18. The zero-order chi connectivity index (χ0) is 16.8. The highest BCUT2D eigenvalue weighted by Crippen LogP contribution is 2.22. The average molecular weight is 307 g/mol. The minimum atomic E-state index is -0.497. The quantitative estimate of drug-likeness (QED) is 0.776. The van der Waals surface area contributed by atoms with Crippen molar-refractivity contribution in [3.63, 3.8) is 0 Å². The summed E-state index contributed by atoms with van der Waals surface area (Å²) in [5.74, 6) is 0.636. The number of aliphatic hydroxyl groups excluding tert-OH is 1. The molecule has 4 nitrogen and oxygen atoms in total. The molecule has 1 rings (SSSR count). The zero-order valence-corrected chi connectivity index (χ0v) is 14.3. The molecule has 22 heavy (non-hydrogen) atoms. The Labute approximate surface area is 133 Å².